The molecule has 0 N–H and O–H groups in total. The van der Waals surface area contributed by atoms with Gasteiger partial charge in [-0.2, -0.15) is 0 Å². The molecule has 1 unspecified atom stereocenters. The van der Waals surface area contributed by atoms with Gasteiger partial charge in [-0.3, -0.25) is 0 Å². The van der Waals surface area contributed by atoms with Crippen molar-refractivity contribution in [3.05, 3.63) is 46.5 Å². The van der Waals surface area contributed by atoms with Gasteiger partial charge < -0.3 is 28.6 Å². The number of fused-ring (bicyclic) bond motifs is 2. The summed E-state index contributed by atoms with van der Waals surface area (Å²) in [6.45, 7) is 2.89. The number of rotatable bonds is 6. The average molecular weight is 448 g/mol. The van der Waals surface area contributed by atoms with Gasteiger partial charge >= 0.3 is 6.09 Å². The molecule has 2 aliphatic heterocycles. The third kappa shape index (κ3) is 3.94. The number of hydrogen-bond acceptors (Lipinski definition) is 6. The van der Waals surface area contributed by atoms with Gasteiger partial charge in [-0.15, -0.1) is 11.6 Å². The molecule has 0 fully saturated rings. The Bertz CT molecular complexity index is 979. The second-order valence-corrected chi connectivity index (χ2v) is 7.61. The van der Waals surface area contributed by atoms with Crippen molar-refractivity contribution in [1.82, 2.24) is 4.90 Å². The van der Waals surface area contributed by atoms with E-state index in [1.165, 1.54) is 0 Å². The predicted molar refractivity (Wildman–Crippen MR) is 116 cm³/mol. The van der Waals surface area contributed by atoms with E-state index in [2.05, 4.69) is 0 Å². The number of hydrogen-bond donors (Lipinski definition) is 0. The third-order valence-corrected chi connectivity index (χ3v) is 6.05. The lowest BCUT2D eigenvalue weighted by atomic mass is 9.87. The summed E-state index contributed by atoms with van der Waals surface area (Å²) in [6.07, 6.45) is 0.937. The highest BCUT2D eigenvalue weighted by molar-refractivity contribution is 6.17. The zero-order chi connectivity index (χ0) is 22.0. The molecule has 0 spiro atoms. The minimum Gasteiger partial charge on any atom is -0.493 e. The standard InChI is InChI=1S/C23H26ClNO6/c1-4-29-23(26)25-8-7-15-10-20-21(31-13-30-20)11-16(15)18(25)9-14-5-6-19(27-2)22(28-3)17(14)12-24/h5-6,10-11,18H,4,7-9,12-13H2,1-3H3. The molecule has 31 heavy (non-hydrogen) atoms. The Morgan fingerprint density at radius 1 is 1.19 bits per heavy atom. The zero-order valence-corrected chi connectivity index (χ0v) is 18.7. The lowest BCUT2D eigenvalue weighted by molar-refractivity contribution is 0.0863. The molecule has 0 aromatic heterocycles. The Kier molecular flexibility index (Phi) is 6.32. The summed E-state index contributed by atoms with van der Waals surface area (Å²) >= 11 is 6.31. The van der Waals surface area contributed by atoms with E-state index in [0.717, 1.165) is 34.4 Å². The van der Waals surface area contributed by atoms with E-state index in [0.29, 0.717) is 36.8 Å². The number of amides is 1. The lowest BCUT2D eigenvalue weighted by Gasteiger charge is -2.37. The van der Waals surface area contributed by atoms with Crippen LogP contribution in [0.1, 0.15) is 35.2 Å². The maximum Gasteiger partial charge on any atom is 0.410 e. The van der Waals surface area contributed by atoms with Crippen molar-refractivity contribution in [1.29, 1.82) is 0 Å². The summed E-state index contributed by atoms with van der Waals surface area (Å²) < 4.78 is 27.5. The molecular weight excluding hydrogens is 422 g/mol. The minimum absolute atomic E-state index is 0.205. The molecule has 8 heteroatoms. The quantitative estimate of drug-likeness (QED) is 0.609. The Morgan fingerprint density at radius 3 is 2.65 bits per heavy atom. The van der Waals surface area contributed by atoms with E-state index in [4.69, 9.17) is 35.3 Å². The van der Waals surface area contributed by atoms with Gasteiger partial charge in [0.15, 0.2) is 23.0 Å². The Morgan fingerprint density at radius 2 is 1.97 bits per heavy atom. The van der Waals surface area contributed by atoms with Crippen LogP contribution in [0.3, 0.4) is 0 Å². The first-order chi connectivity index (χ1) is 15.1. The summed E-state index contributed by atoms with van der Waals surface area (Å²) in [5.41, 5.74) is 4.00. The van der Waals surface area contributed by atoms with Crippen molar-refractivity contribution in [2.75, 3.05) is 34.2 Å². The van der Waals surface area contributed by atoms with Crippen LogP contribution in [0.2, 0.25) is 0 Å². The first kappa shape index (κ1) is 21.4. The number of ether oxygens (including phenoxy) is 5. The van der Waals surface area contributed by atoms with Crippen LogP contribution in [-0.2, 0) is 23.5 Å². The molecule has 1 amide bonds. The number of methoxy groups -OCH3 is 2. The van der Waals surface area contributed by atoms with Crippen molar-refractivity contribution >= 4 is 17.7 Å². The molecule has 0 aliphatic carbocycles. The second kappa shape index (κ2) is 9.14. The van der Waals surface area contributed by atoms with Crippen molar-refractivity contribution in [3.63, 3.8) is 0 Å². The van der Waals surface area contributed by atoms with E-state index >= 15 is 0 Å². The van der Waals surface area contributed by atoms with Crippen molar-refractivity contribution in [2.45, 2.75) is 31.7 Å². The molecular formula is C23H26ClNO6. The average Bonchev–Trinajstić information content (AvgIpc) is 3.24. The van der Waals surface area contributed by atoms with Crippen molar-refractivity contribution < 1.29 is 28.5 Å². The minimum atomic E-state index is -0.330. The van der Waals surface area contributed by atoms with Gasteiger partial charge in [-0.1, -0.05) is 6.07 Å². The molecule has 4 rings (SSSR count). The number of carbonyl (C=O) groups is 1. The van der Waals surface area contributed by atoms with E-state index in [-0.39, 0.29) is 24.8 Å². The van der Waals surface area contributed by atoms with Crippen LogP contribution in [0, 0.1) is 0 Å². The van der Waals surface area contributed by atoms with E-state index in [9.17, 15) is 4.79 Å². The summed E-state index contributed by atoms with van der Waals surface area (Å²) in [7, 11) is 3.19. The van der Waals surface area contributed by atoms with Gasteiger partial charge in [0, 0.05) is 12.1 Å². The first-order valence-corrected chi connectivity index (χ1v) is 10.8. The van der Waals surface area contributed by atoms with Crippen LogP contribution in [0.5, 0.6) is 23.0 Å². The fourth-order valence-corrected chi connectivity index (χ4v) is 4.61. The molecule has 1 atom stereocenters. The molecule has 0 bridgehead atoms. The van der Waals surface area contributed by atoms with Crippen LogP contribution < -0.4 is 18.9 Å². The van der Waals surface area contributed by atoms with Gasteiger partial charge in [-0.05, 0) is 54.7 Å². The predicted octanol–water partition coefficient (Wildman–Crippen LogP) is 4.47. The molecule has 2 heterocycles. The number of halogens is 1. The number of benzene rings is 2. The smallest absolute Gasteiger partial charge is 0.410 e. The molecule has 2 aromatic carbocycles. The maximum atomic E-state index is 12.8. The van der Waals surface area contributed by atoms with Crippen LogP contribution in [0.15, 0.2) is 24.3 Å². The maximum absolute atomic E-state index is 12.8. The fraction of sp³-hybridized carbons (Fsp3) is 0.435. The zero-order valence-electron chi connectivity index (χ0n) is 17.9. The van der Waals surface area contributed by atoms with Gasteiger partial charge in [0.25, 0.3) is 0 Å². The van der Waals surface area contributed by atoms with E-state index in [1.54, 1.807) is 19.1 Å². The molecule has 166 valence electrons. The summed E-state index contributed by atoms with van der Waals surface area (Å²) in [5.74, 6) is 2.93. The van der Waals surface area contributed by atoms with Gasteiger partial charge in [-0.25, -0.2) is 4.79 Å². The largest absolute Gasteiger partial charge is 0.493 e. The van der Waals surface area contributed by atoms with Gasteiger partial charge in [0.2, 0.25) is 6.79 Å². The molecule has 2 aromatic rings. The highest BCUT2D eigenvalue weighted by Crippen LogP contribution is 2.43. The Balaban J connectivity index is 1.78. The van der Waals surface area contributed by atoms with Crippen molar-refractivity contribution in [2.24, 2.45) is 0 Å². The molecule has 2 aliphatic rings. The summed E-state index contributed by atoms with van der Waals surface area (Å²) in [5, 5.41) is 0. The fourth-order valence-electron chi connectivity index (χ4n) is 4.31. The molecule has 0 saturated carbocycles. The summed E-state index contributed by atoms with van der Waals surface area (Å²) in [4.78, 5) is 14.6. The number of alkyl halides is 1. The molecule has 7 nitrogen and oxygen atoms in total. The summed E-state index contributed by atoms with van der Waals surface area (Å²) in [6, 6.07) is 7.60. The molecule has 0 radical (unpaired) electrons. The Labute approximate surface area is 186 Å². The first-order valence-electron chi connectivity index (χ1n) is 10.3. The van der Waals surface area contributed by atoms with Gasteiger partial charge in [0.05, 0.1) is 32.7 Å². The third-order valence-electron chi connectivity index (χ3n) is 5.79. The van der Waals surface area contributed by atoms with E-state index in [1.807, 2.05) is 31.2 Å². The normalized spacial score (nSPS) is 16.6. The monoisotopic (exact) mass is 447 g/mol. The molecule has 0 saturated heterocycles. The van der Waals surface area contributed by atoms with Gasteiger partial charge in [0.1, 0.15) is 0 Å². The van der Waals surface area contributed by atoms with Crippen LogP contribution >= 0.6 is 11.6 Å². The highest BCUT2D eigenvalue weighted by atomic mass is 35.5. The number of nitrogens with zero attached hydrogens (tertiary/aromatic N) is 1. The van der Waals surface area contributed by atoms with E-state index < -0.39 is 0 Å². The second-order valence-electron chi connectivity index (χ2n) is 7.34. The SMILES string of the molecule is CCOC(=O)N1CCc2cc3c(cc2C1Cc1ccc(OC)c(OC)c1CCl)OCO3. The number of carbonyl (C=O) groups excluding carboxylic acids is 1. The lowest BCUT2D eigenvalue weighted by Crippen LogP contribution is -2.41. The van der Waals surface area contributed by atoms with Crippen LogP contribution in [-0.4, -0.2) is 45.2 Å². The Hall–Kier alpha value is -2.80. The van der Waals surface area contributed by atoms with Crippen LogP contribution in [0.4, 0.5) is 4.79 Å². The highest BCUT2D eigenvalue weighted by Gasteiger charge is 2.34. The topological polar surface area (TPSA) is 66.5 Å². The van der Waals surface area contributed by atoms with Crippen molar-refractivity contribution in [3.8, 4) is 23.0 Å². The van der Waals surface area contributed by atoms with Crippen LogP contribution in [0.25, 0.3) is 0 Å².